The van der Waals surface area contributed by atoms with Gasteiger partial charge in [-0.1, -0.05) is 35.9 Å². The van der Waals surface area contributed by atoms with Crippen molar-refractivity contribution in [3.63, 3.8) is 0 Å². The van der Waals surface area contributed by atoms with Crippen LogP contribution >= 0.6 is 11.6 Å². The predicted octanol–water partition coefficient (Wildman–Crippen LogP) is 4.76. The minimum Gasteiger partial charge on any atom is -0.268 e. The molecule has 0 spiro atoms. The number of nitrogens with zero attached hydrogens (tertiary/aromatic N) is 4. The van der Waals surface area contributed by atoms with Crippen molar-refractivity contribution in [3.8, 4) is 22.5 Å². The predicted molar refractivity (Wildman–Crippen MR) is 99.5 cm³/mol. The van der Waals surface area contributed by atoms with Crippen LogP contribution < -0.4 is 0 Å². The number of halogens is 1. The Labute approximate surface area is 150 Å². The topological polar surface area (TPSA) is 43.6 Å². The van der Waals surface area contributed by atoms with Gasteiger partial charge in [0.15, 0.2) is 0 Å². The first kappa shape index (κ1) is 14.6. The number of fused-ring (bicyclic) bond motifs is 2. The Morgan fingerprint density at radius 1 is 1.00 bits per heavy atom. The molecule has 4 heterocycles. The van der Waals surface area contributed by atoms with Crippen molar-refractivity contribution in [2.75, 3.05) is 0 Å². The van der Waals surface area contributed by atoms with Crippen LogP contribution in [0.1, 0.15) is 12.1 Å². The molecule has 0 radical (unpaired) electrons. The second-order valence-corrected chi connectivity index (χ2v) is 6.61. The number of rotatable bonds is 2. The fourth-order valence-corrected chi connectivity index (χ4v) is 3.81. The molecule has 0 bridgehead atoms. The summed E-state index contributed by atoms with van der Waals surface area (Å²) < 4.78 is 2.11. The number of benzene rings is 1. The van der Waals surface area contributed by atoms with Crippen molar-refractivity contribution in [1.29, 1.82) is 0 Å². The van der Waals surface area contributed by atoms with Crippen molar-refractivity contribution in [2.45, 2.75) is 19.4 Å². The molecule has 0 amide bonds. The van der Waals surface area contributed by atoms with E-state index < -0.39 is 0 Å². The van der Waals surface area contributed by atoms with Crippen LogP contribution in [0.25, 0.3) is 33.4 Å². The molecule has 3 aromatic heterocycles. The normalized spacial score (nSPS) is 13.3. The Bertz CT molecular complexity index is 1090. The summed E-state index contributed by atoms with van der Waals surface area (Å²) in [7, 11) is 0. The summed E-state index contributed by atoms with van der Waals surface area (Å²) in [5.74, 6) is 0. The average molecular weight is 347 g/mol. The van der Waals surface area contributed by atoms with E-state index in [-0.39, 0.29) is 0 Å². The molecule has 5 heteroatoms. The van der Waals surface area contributed by atoms with Gasteiger partial charge in [-0.3, -0.25) is 9.67 Å². The van der Waals surface area contributed by atoms with Crippen LogP contribution in [0.4, 0.5) is 0 Å². The fourth-order valence-electron chi connectivity index (χ4n) is 3.65. The molecule has 0 N–H and O–H groups in total. The van der Waals surface area contributed by atoms with Crippen molar-refractivity contribution in [1.82, 2.24) is 19.7 Å². The van der Waals surface area contributed by atoms with Gasteiger partial charge in [0, 0.05) is 29.4 Å². The molecular formula is C20H15ClN4. The van der Waals surface area contributed by atoms with Gasteiger partial charge in [0.25, 0.3) is 0 Å². The average Bonchev–Trinajstić information content (AvgIpc) is 3.22. The highest BCUT2D eigenvalue weighted by Crippen LogP contribution is 2.39. The minimum atomic E-state index is 0.483. The zero-order chi connectivity index (χ0) is 16.8. The molecule has 0 saturated carbocycles. The van der Waals surface area contributed by atoms with E-state index in [1.807, 2.05) is 30.5 Å². The fraction of sp³-hybridized carbons (Fsp3) is 0.150. The summed E-state index contributed by atoms with van der Waals surface area (Å²) in [5.41, 5.74) is 6.28. The van der Waals surface area contributed by atoms with Crippen LogP contribution in [0.3, 0.4) is 0 Å². The van der Waals surface area contributed by atoms with Gasteiger partial charge in [0.1, 0.15) is 10.8 Å². The molecule has 4 nitrogen and oxygen atoms in total. The van der Waals surface area contributed by atoms with Gasteiger partial charge in [0.05, 0.1) is 11.2 Å². The largest absolute Gasteiger partial charge is 0.268 e. The molecular weight excluding hydrogens is 332 g/mol. The minimum absolute atomic E-state index is 0.483. The summed E-state index contributed by atoms with van der Waals surface area (Å²) in [5, 5.41) is 6.48. The van der Waals surface area contributed by atoms with Crippen molar-refractivity contribution in [3.05, 3.63) is 65.6 Å². The first-order valence-corrected chi connectivity index (χ1v) is 8.76. The third kappa shape index (κ3) is 2.33. The molecule has 5 rings (SSSR count). The Hall–Kier alpha value is -2.72. The van der Waals surface area contributed by atoms with E-state index >= 15 is 0 Å². The number of hydrogen-bond acceptors (Lipinski definition) is 3. The van der Waals surface area contributed by atoms with Gasteiger partial charge in [-0.05, 0) is 42.7 Å². The molecule has 1 aliphatic heterocycles. The third-order valence-corrected chi connectivity index (χ3v) is 4.93. The van der Waals surface area contributed by atoms with Crippen LogP contribution in [0, 0.1) is 0 Å². The van der Waals surface area contributed by atoms with E-state index in [0.717, 1.165) is 52.8 Å². The molecule has 25 heavy (non-hydrogen) atoms. The molecule has 0 aliphatic carbocycles. The van der Waals surface area contributed by atoms with E-state index in [4.69, 9.17) is 16.7 Å². The second-order valence-electron chi connectivity index (χ2n) is 6.22. The summed E-state index contributed by atoms with van der Waals surface area (Å²) in [4.78, 5) is 8.99. The molecule has 0 atom stereocenters. The first-order valence-electron chi connectivity index (χ1n) is 8.38. The Kier molecular flexibility index (Phi) is 3.31. The smallest absolute Gasteiger partial charge is 0.129 e. The monoisotopic (exact) mass is 346 g/mol. The van der Waals surface area contributed by atoms with E-state index in [1.165, 1.54) is 5.69 Å². The Morgan fingerprint density at radius 3 is 2.84 bits per heavy atom. The van der Waals surface area contributed by atoms with E-state index in [0.29, 0.717) is 5.15 Å². The maximum absolute atomic E-state index is 6.13. The Balaban J connectivity index is 1.84. The summed E-state index contributed by atoms with van der Waals surface area (Å²) >= 11 is 6.13. The second kappa shape index (κ2) is 5.67. The first-order chi connectivity index (χ1) is 12.3. The lowest BCUT2D eigenvalue weighted by atomic mass is 9.97. The van der Waals surface area contributed by atoms with Gasteiger partial charge in [-0.2, -0.15) is 5.10 Å². The van der Waals surface area contributed by atoms with Gasteiger partial charge in [-0.15, -0.1) is 0 Å². The maximum atomic E-state index is 6.13. The molecule has 4 aromatic rings. The number of aryl methyl sites for hydroxylation is 1. The van der Waals surface area contributed by atoms with E-state index in [2.05, 4.69) is 32.8 Å². The third-order valence-electron chi connectivity index (χ3n) is 4.72. The van der Waals surface area contributed by atoms with Gasteiger partial charge in [-0.25, -0.2) is 4.98 Å². The van der Waals surface area contributed by atoms with Crippen LogP contribution in [0.2, 0.25) is 5.15 Å². The van der Waals surface area contributed by atoms with Gasteiger partial charge in [0.2, 0.25) is 0 Å². The number of hydrogen-bond donors (Lipinski definition) is 0. The van der Waals surface area contributed by atoms with E-state index in [1.54, 1.807) is 6.07 Å². The quantitative estimate of drug-likeness (QED) is 0.491. The van der Waals surface area contributed by atoms with Crippen LogP contribution in [-0.4, -0.2) is 19.7 Å². The van der Waals surface area contributed by atoms with Crippen LogP contribution in [-0.2, 0) is 13.0 Å². The standard InChI is InChI=1S/C20H15ClN4/c21-18-9-3-7-16(23-18)20-19(17-8-4-12-25(17)24-20)14-10-11-22-15-6-2-1-5-13(14)15/h1-3,5-7,9-11H,4,8,12H2. The SMILES string of the molecule is Clc1cccc(-c2nn3c(c2-c2ccnc4ccccc24)CCC3)n1. The summed E-state index contributed by atoms with van der Waals surface area (Å²) in [6, 6.07) is 16.0. The highest BCUT2D eigenvalue weighted by molar-refractivity contribution is 6.29. The molecule has 122 valence electrons. The molecule has 0 unspecified atom stereocenters. The lowest BCUT2D eigenvalue weighted by Crippen LogP contribution is -1.94. The molecule has 0 fully saturated rings. The van der Waals surface area contributed by atoms with Crippen LogP contribution in [0.5, 0.6) is 0 Å². The maximum Gasteiger partial charge on any atom is 0.129 e. The molecule has 0 saturated heterocycles. The highest BCUT2D eigenvalue weighted by Gasteiger charge is 2.25. The van der Waals surface area contributed by atoms with Gasteiger partial charge >= 0.3 is 0 Å². The lowest BCUT2D eigenvalue weighted by molar-refractivity contribution is 0.658. The molecule has 1 aliphatic rings. The highest BCUT2D eigenvalue weighted by atomic mass is 35.5. The zero-order valence-electron chi connectivity index (χ0n) is 13.5. The van der Waals surface area contributed by atoms with Crippen LogP contribution in [0.15, 0.2) is 54.7 Å². The molecule has 1 aromatic carbocycles. The summed E-state index contributed by atoms with van der Waals surface area (Å²) in [6.07, 6.45) is 4.02. The van der Waals surface area contributed by atoms with Crippen molar-refractivity contribution in [2.24, 2.45) is 0 Å². The van der Waals surface area contributed by atoms with Gasteiger partial charge < -0.3 is 0 Å². The number of para-hydroxylation sites is 1. The zero-order valence-corrected chi connectivity index (χ0v) is 14.2. The van der Waals surface area contributed by atoms with E-state index in [9.17, 15) is 0 Å². The Morgan fingerprint density at radius 2 is 1.92 bits per heavy atom. The van der Waals surface area contributed by atoms with Crippen molar-refractivity contribution < 1.29 is 0 Å². The lowest BCUT2D eigenvalue weighted by Gasteiger charge is -2.08. The number of pyridine rings is 2. The summed E-state index contributed by atoms with van der Waals surface area (Å²) in [6.45, 7) is 0.950. The number of aromatic nitrogens is 4. The van der Waals surface area contributed by atoms with Crippen molar-refractivity contribution >= 4 is 22.5 Å².